The number of morpholine rings is 1. The summed E-state index contributed by atoms with van der Waals surface area (Å²) in [5, 5.41) is 0. The van der Waals surface area contributed by atoms with E-state index in [1.165, 1.54) is 25.7 Å². The van der Waals surface area contributed by atoms with E-state index in [2.05, 4.69) is 4.90 Å². The molecule has 0 bridgehead atoms. The van der Waals surface area contributed by atoms with Crippen molar-refractivity contribution in [3.8, 4) is 0 Å². The van der Waals surface area contributed by atoms with Crippen LogP contribution in [0.15, 0.2) is 0 Å². The molecule has 0 atom stereocenters. The molecule has 0 amide bonds. The Morgan fingerprint density at radius 2 is 2.08 bits per heavy atom. The Hall–Kier alpha value is -0.120. The van der Waals surface area contributed by atoms with Crippen LogP contribution in [-0.4, -0.2) is 43.3 Å². The molecule has 3 heteroatoms. The lowest BCUT2D eigenvalue weighted by atomic mass is 10.00. The van der Waals surface area contributed by atoms with Crippen molar-refractivity contribution in [1.29, 1.82) is 0 Å². The Morgan fingerprint density at radius 1 is 1.31 bits per heavy atom. The molecular formula is C10H20N2O. The van der Waals surface area contributed by atoms with Gasteiger partial charge in [0, 0.05) is 26.2 Å². The van der Waals surface area contributed by atoms with Gasteiger partial charge in [-0.25, -0.2) is 0 Å². The van der Waals surface area contributed by atoms with Crippen LogP contribution in [0, 0.1) is 0 Å². The lowest BCUT2D eigenvalue weighted by molar-refractivity contribution is -0.104. The molecule has 0 aromatic heterocycles. The molecule has 76 valence electrons. The zero-order chi connectivity index (χ0) is 9.15. The second-order valence-corrected chi connectivity index (χ2v) is 4.30. The molecule has 0 aromatic carbocycles. The molecule has 2 fully saturated rings. The average Bonchev–Trinajstić information content (AvgIpc) is 2.54. The highest BCUT2D eigenvalue weighted by Crippen LogP contribution is 2.35. The third kappa shape index (κ3) is 2.03. The van der Waals surface area contributed by atoms with Crippen LogP contribution >= 0.6 is 0 Å². The second kappa shape index (κ2) is 3.95. The number of rotatable bonds is 2. The Labute approximate surface area is 80.2 Å². The summed E-state index contributed by atoms with van der Waals surface area (Å²) in [6.07, 6.45) is 5.20. The molecule has 13 heavy (non-hydrogen) atoms. The van der Waals surface area contributed by atoms with Crippen molar-refractivity contribution in [3.63, 3.8) is 0 Å². The summed E-state index contributed by atoms with van der Waals surface area (Å²) >= 11 is 0. The van der Waals surface area contributed by atoms with E-state index in [0.29, 0.717) is 0 Å². The summed E-state index contributed by atoms with van der Waals surface area (Å²) in [5.74, 6) is 0. The fourth-order valence-corrected chi connectivity index (χ4v) is 2.62. The third-order valence-corrected chi connectivity index (χ3v) is 3.29. The van der Waals surface area contributed by atoms with Crippen molar-refractivity contribution in [3.05, 3.63) is 0 Å². The molecular weight excluding hydrogens is 164 g/mol. The van der Waals surface area contributed by atoms with Crippen molar-refractivity contribution in [2.45, 2.75) is 31.3 Å². The van der Waals surface area contributed by atoms with Gasteiger partial charge in [0.05, 0.1) is 12.2 Å². The van der Waals surface area contributed by atoms with E-state index < -0.39 is 0 Å². The van der Waals surface area contributed by atoms with Gasteiger partial charge in [0.25, 0.3) is 0 Å². The highest BCUT2D eigenvalue weighted by atomic mass is 16.5. The molecule has 1 aliphatic heterocycles. The van der Waals surface area contributed by atoms with Crippen LogP contribution in [0.25, 0.3) is 0 Å². The third-order valence-electron chi connectivity index (χ3n) is 3.29. The summed E-state index contributed by atoms with van der Waals surface area (Å²) in [5.41, 5.74) is 5.78. The van der Waals surface area contributed by atoms with Crippen LogP contribution < -0.4 is 5.73 Å². The minimum atomic E-state index is 0.216. The lowest BCUT2D eigenvalue weighted by Crippen LogP contribution is -2.51. The first-order valence-electron chi connectivity index (χ1n) is 5.41. The highest BCUT2D eigenvalue weighted by Gasteiger charge is 2.38. The normalized spacial score (nSPS) is 28.4. The molecule has 0 unspecified atom stereocenters. The van der Waals surface area contributed by atoms with E-state index in [1.807, 2.05) is 0 Å². The zero-order valence-corrected chi connectivity index (χ0v) is 8.30. The maximum absolute atomic E-state index is 5.92. The Morgan fingerprint density at radius 3 is 2.77 bits per heavy atom. The van der Waals surface area contributed by atoms with E-state index in [1.54, 1.807) is 0 Å². The quantitative estimate of drug-likeness (QED) is 0.682. The fraction of sp³-hybridized carbons (Fsp3) is 1.00. The molecule has 2 rings (SSSR count). The van der Waals surface area contributed by atoms with Crippen LogP contribution in [0.4, 0.5) is 0 Å². The van der Waals surface area contributed by atoms with Gasteiger partial charge in [-0.15, -0.1) is 0 Å². The van der Waals surface area contributed by atoms with Crippen molar-refractivity contribution in [2.75, 3.05) is 32.8 Å². The summed E-state index contributed by atoms with van der Waals surface area (Å²) in [6.45, 7) is 4.89. The second-order valence-electron chi connectivity index (χ2n) is 4.30. The van der Waals surface area contributed by atoms with E-state index in [0.717, 1.165) is 32.8 Å². The highest BCUT2D eigenvalue weighted by molar-refractivity contribution is 4.91. The minimum absolute atomic E-state index is 0.216. The van der Waals surface area contributed by atoms with Crippen LogP contribution in [0.3, 0.4) is 0 Å². The first-order valence-corrected chi connectivity index (χ1v) is 5.41. The molecule has 1 saturated carbocycles. The standard InChI is InChI=1S/C10H20N2O/c11-5-6-12-7-8-13-10(9-12)3-1-2-4-10/h1-9,11H2. The molecule has 1 saturated heterocycles. The smallest absolute Gasteiger partial charge is 0.0809 e. The topological polar surface area (TPSA) is 38.5 Å². The Balaban J connectivity index is 1.90. The zero-order valence-electron chi connectivity index (χ0n) is 8.30. The van der Waals surface area contributed by atoms with Gasteiger partial charge >= 0.3 is 0 Å². The summed E-state index contributed by atoms with van der Waals surface area (Å²) in [4.78, 5) is 2.45. The SMILES string of the molecule is NCCN1CCOC2(CCCC2)C1. The van der Waals surface area contributed by atoms with Gasteiger partial charge in [-0.05, 0) is 12.8 Å². The molecule has 1 aliphatic carbocycles. The van der Waals surface area contributed by atoms with Crippen LogP contribution in [-0.2, 0) is 4.74 Å². The molecule has 2 N–H and O–H groups in total. The van der Waals surface area contributed by atoms with Gasteiger partial charge in [0.1, 0.15) is 0 Å². The van der Waals surface area contributed by atoms with Crippen molar-refractivity contribution < 1.29 is 4.74 Å². The number of nitrogens with two attached hydrogens (primary N) is 1. The van der Waals surface area contributed by atoms with Gasteiger partial charge in [-0.2, -0.15) is 0 Å². The lowest BCUT2D eigenvalue weighted by Gasteiger charge is -2.40. The molecule has 2 aliphatic rings. The largest absolute Gasteiger partial charge is 0.372 e. The monoisotopic (exact) mass is 184 g/mol. The predicted molar refractivity (Wildman–Crippen MR) is 52.6 cm³/mol. The Bertz CT molecular complexity index is 164. The van der Waals surface area contributed by atoms with Gasteiger partial charge in [0.2, 0.25) is 0 Å². The van der Waals surface area contributed by atoms with Crippen molar-refractivity contribution in [2.24, 2.45) is 5.73 Å². The number of hydrogen-bond donors (Lipinski definition) is 1. The van der Waals surface area contributed by atoms with Crippen LogP contribution in [0.5, 0.6) is 0 Å². The van der Waals surface area contributed by atoms with E-state index in [4.69, 9.17) is 10.5 Å². The molecule has 1 heterocycles. The first kappa shape index (κ1) is 9.44. The van der Waals surface area contributed by atoms with Gasteiger partial charge in [-0.3, -0.25) is 4.90 Å². The number of nitrogens with zero attached hydrogens (tertiary/aromatic N) is 1. The molecule has 1 spiro atoms. The first-order chi connectivity index (χ1) is 6.35. The van der Waals surface area contributed by atoms with Crippen molar-refractivity contribution in [1.82, 2.24) is 4.90 Å². The van der Waals surface area contributed by atoms with Crippen LogP contribution in [0.2, 0.25) is 0 Å². The fourth-order valence-electron chi connectivity index (χ4n) is 2.62. The predicted octanol–water partition coefficient (Wildman–Crippen LogP) is 0.590. The van der Waals surface area contributed by atoms with Crippen molar-refractivity contribution >= 4 is 0 Å². The van der Waals surface area contributed by atoms with Gasteiger partial charge in [-0.1, -0.05) is 12.8 Å². The summed E-state index contributed by atoms with van der Waals surface area (Å²) in [6, 6.07) is 0. The summed E-state index contributed by atoms with van der Waals surface area (Å²) < 4.78 is 5.92. The summed E-state index contributed by atoms with van der Waals surface area (Å²) in [7, 11) is 0. The molecule has 0 radical (unpaired) electrons. The van der Waals surface area contributed by atoms with E-state index in [9.17, 15) is 0 Å². The Kier molecular flexibility index (Phi) is 2.86. The van der Waals surface area contributed by atoms with Gasteiger partial charge in [0.15, 0.2) is 0 Å². The number of hydrogen-bond acceptors (Lipinski definition) is 3. The van der Waals surface area contributed by atoms with Gasteiger partial charge < -0.3 is 10.5 Å². The number of ether oxygens (including phenoxy) is 1. The van der Waals surface area contributed by atoms with E-state index >= 15 is 0 Å². The van der Waals surface area contributed by atoms with E-state index in [-0.39, 0.29) is 5.60 Å². The maximum Gasteiger partial charge on any atom is 0.0809 e. The molecule has 0 aromatic rings. The minimum Gasteiger partial charge on any atom is -0.372 e. The van der Waals surface area contributed by atoms with Crippen LogP contribution in [0.1, 0.15) is 25.7 Å². The maximum atomic E-state index is 5.92. The molecule has 3 nitrogen and oxygen atoms in total. The average molecular weight is 184 g/mol.